The van der Waals surface area contributed by atoms with Crippen LogP contribution in [0.3, 0.4) is 0 Å². The topological polar surface area (TPSA) is 103 Å². The second-order valence-corrected chi connectivity index (χ2v) is 7.87. The van der Waals surface area contributed by atoms with Crippen molar-refractivity contribution in [1.82, 2.24) is 14.5 Å². The number of fused-ring (bicyclic) bond motifs is 1. The zero-order valence-electron chi connectivity index (χ0n) is 15.2. The predicted molar refractivity (Wildman–Crippen MR) is 110 cm³/mol. The number of primary sulfonamides is 1. The Hall–Kier alpha value is -3.23. The minimum Gasteiger partial charge on any atom is -0.347 e. The fraction of sp³-hybridized carbons (Fsp3) is 0.100. The zero-order chi connectivity index (χ0) is 19.7. The summed E-state index contributed by atoms with van der Waals surface area (Å²) in [6.07, 6.45) is 3.75. The summed E-state index contributed by atoms with van der Waals surface area (Å²) in [5.74, 6) is 0.373. The molecule has 0 aliphatic carbocycles. The van der Waals surface area contributed by atoms with E-state index in [2.05, 4.69) is 45.1 Å². The second-order valence-electron chi connectivity index (χ2n) is 6.31. The van der Waals surface area contributed by atoms with Crippen LogP contribution in [0.15, 0.2) is 71.9 Å². The van der Waals surface area contributed by atoms with Crippen molar-refractivity contribution >= 4 is 32.6 Å². The van der Waals surface area contributed by atoms with E-state index in [-0.39, 0.29) is 4.90 Å². The van der Waals surface area contributed by atoms with Gasteiger partial charge in [-0.3, -0.25) is 0 Å². The number of anilines is 2. The normalized spacial score (nSPS) is 11.6. The van der Waals surface area contributed by atoms with Gasteiger partial charge < -0.3 is 9.88 Å². The molecule has 28 heavy (non-hydrogen) atoms. The van der Waals surface area contributed by atoms with Gasteiger partial charge in [-0.05, 0) is 37.3 Å². The Morgan fingerprint density at radius 3 is 2.71 bits per heavy atom. The first kappa shape index (κ1) is 18.1. The molecule has 0 radical (unpaired) electrons. The summed E-state index contributed by atoms with van der Waals surface area (Å²) >= 11 is 0. The van der Waals surface area contributed by atoms with Crippen molar-refractivity contribution in [2.75, 3.05) is 5.32 Å². The quantitative estimate of drug-likeness (QED) is 0.540. The first-order valence-corrected chi connectivity index (χ1v) is 10.3. The van der Waals surface area contributed by atoms with E-state index < -0.39 is 10.0 Å². The Labute approximate surface area is 162 Å². The molecule has 8 heteroatoms. The maximum atomic E-state index is 11.5. The van der Waals surface area contributed by atoms with Crippen LogP contribution in [0, 0.1) is 0 Å². The Bertz CT molecular complexity index is 1260. The van der Waals surface area contributed by atoms with E-state index in [9.17, 15) is 8.42 Å². The number of hydrogen-bond acceptors (Lipinski definition) is 5. The average molecular weight is 393 g/mol. The van der Waals surface area contributed by atoms with Crippen LogP contribution in [0.1, 0.15) is 6.92 Å². The van der Waals surface area contributed by atoms with Crippen molar-refractivity contribution in [2.24, 2.45) is 5.14 Å². The molecule has 2 heterocycles. The summed E-state index contributed by atoms with van der Waals surface area (Å²) in [5.41, 5.74) is 3.48. The Balaban J connectivity index is 1.72. The van der Waals surface area contributed by atoms with Crippen LogP contribution in [0.5, 0.6) is 0 Å². The van der Waals surface area contributed by atoms with Crippen LogP contribution in [-0.4, -0.2) is 23.0 Å². The van der Waals surface area contributed by atoms with Gasteiger partial charge in [0.15, 0.2) is 0 Å². The molecule has 0 aliphatic rings. The van der Waals surface area contributed by atoms with Crippen molar-refractivity contribution in [1.29, 1.82) is 0 Å². The minimum atomic E-state index is -3.78. The molecule has 0 bridgehead atoms. The number of nitrogens with two attached hydrogens (primary N) is 1. The fourth-order valence-electron chi connectivity index (χ4n) is 3.16. The Kier molecular flexibility index (Phi) is 4.58. The molecule has 0 saturated carbocycles. The van der Waals surface area contributed by atoms with Gasteiger partial charge in [0.25, 0.3) is 0 Å². The van der Waals surface area contributed by atoms with Gasteiger partial charge in [0.2, 0.25) is 16.0 Å². The lowest BCUT2D eigenvalue weighted by Crippen LogP contribution is -2.12. The third kappa shape index (κ3) is 3.47. The minimum absolute atomic E-state index is 0.0275. The molecule has 7 nitrogen and oxygen atoms in total. The number of sulfonamides is 1. The number of para-hydroxylation sites is 1. The van der Waals surface area contributed by atoms with E-state index in [1.165, 1.54) is 12.1 Å². The van der Waals surface area contributed by atoms with Gasteiger partial charge in [-0.25, -0.2) is 23.5 Å². The first-order valence-electron chi connectivity index (χ1n) is 8.77. The van der Waals surface area contributed by atoms with Crippen LogP contribution < -0.4 is 10.5 Å². The highest BCUT2D eigenvalue weighted by Crippen LogP contribution is 2.30. The molecule has 0 saturated heterocycles. The third-order valence-electron chi connectivity index (χ3n) is 4.48. The van der Waals surface area contributed by atoms with Gasteiger partial charge in [-0.2, -0.15) is 0 Å². The smallest absolute Gasteiger partial charge is 0.238 e. The van der Waals surface area contributed by atoms with Crippen molar-refractivity contribution in [3.63, 3.8) is 0 Å². The summed E-state index contributed by atoms with van der Waals surface area (Å²) in [5, 5.41) is 9.36. The van der Waals surface area contributed by atoms with Crippen LogP contribution in [0.4, 0.5) is 11.6 Å². The van der Waals surface area contributed by atoms with Crippen molar-refractivity contribution in [3.8, 4) is 11.3 Å². The lowest BCUT2D eigenvalue weighted by molar-refractivity contribution is 0.598. The zero-order valence-corrected chi connectivity index (χ0v) is 16.0. The van der Waals surface area contributed by atoms with Crippen LogP contribution in [0.2, 0.25) is 0 Å². The number of benzene rings is 2. The SMILES string of the molecule is CCn1cc(-c2ccnc(Nc3cccc(S(N)(=O)=O)c3)n2)c2ccccc21. The third-order valence-corrected chi connectivity index (χ3v) is 5.39. The van der Waals surface area contributed by atoms with E-state index in [1.54, 1.807) is 18.3 Å². The fourth-order valence-corrected chi connectivity index (χ4v) is 3.72. The summed E-state index contributed by atoms with van der Waals surface area (Å²) in [6, 6.07) is 16.3. The molecular weight excluding hydrogens is 374 g/mol. The van der Waals surface area contributed by atoms with Crippen molar-refractivity contribution in [2.45, 2.75) is 18.4 Å². The molecule has 2 aromatic heterocycles. The summed E-state index contributed by atoms with van der Waals surface area (Å²) in [7, 11) is -3.78. The summed E-state index contributed by atoms with van der Waals surface area (Å²) < 4.78 is 25.3. The van der Waals surface area contributed by atoms with E-state index >= 15 is 0 Å². The summed E-state index contributed by atoms with van der Waals surface area (Å²) in [6.45, 7) is 2.96. The average Bonchev–Trinajstić information content (AvgIpc) is 3.07. The van der Waals surface area contributed by atoms with E-state index in [0.29, 0.717) is 11.6 Å². The number of hydrogen-bond donors (Lipinski definition) is 2. The van der Waals surface area contributed by atoms with Gasteiger partial charge in [-0.15, -0.1) is 0 Å². The molecule has 0 atom stereocenters. The van der Waals surface area contributed by atoms with Gasteiger partial charge in [0.1, 0.15) is 0 Å². The van der Waals surface area contributed by atoms with Gasteiger partial charge in [0.05, 0.1) is 10.6 Å². The lowest BCUT2D eigenvalue weighted by Gasteiger charge is -2.07. The second kappa shape index (κ2) is 7.06. The molecule has 142 valence electrons. The molecule has 0 fully saturated rings. The lowest BCUT2D eigenvalue weighted by atomic mass is 10.1. The number of nitrogens with zero attached hydrogens (tertiary/aromatic N) is 3. The number of nitrogens with one attached hydrogen (secondary N) is 1. The largest absolute Gasteiger partial charge is 0.347 e. The molecule has 0 aliphatic heterocycles. The molecule has 4 rings (SSSR count). The molecule has 3 N–H and O–H groups in total. The van der Waals surface area contributed by atoms with Gasteiger partial charge >= 0.3 is 0 Å². The number of aromatic nitrogens is 3. The number of rotatable bonds is 5. The Morgan fingerprint density at radius 2 is 1.93 bits per heavy atom. The maximum Gasteiger partial charge on any atom is 0.238 e. The maximum absolute atomic E-state index is 11.5. The van der Waals surface area contributed by atoms with Crippen LogP contribution in [-0.2, 0) is 16.6 Å². The molecule has 0 spiro atoms. The van der Waals surface area contributed by atoms with Crippen LogP contribution in [0.25, 0.3) is 22.2 Å². The number of aryl methyl sites for hydroxylation is 1. The predicted octanol–water partition coefficient (Wildman–Crippen LogP) is 3.51. The highest BCUT2D eigenvalue weighted by atomic mass is 32.2. The first-order chi connectivity index (χ1) is 13.5. The molecular formula is C20H19N5O2S. The summed E-state index contributed by atoms with van der Waals surface area (Å²) in [4.78, 5) is 8.89. The van der Waals surface area contributed by atoms with E-state index in [1.807, 2.05) is 18.2 Å². The monoisotopic (exact) mass is 393 g/mol. The van der Waals surface area contributed by atoms with E-state index in [0.717, 1.165) is 28.7 Å². The van der Waals surface area contributed by atoms with Crippen molar-refractivity contribution in [3.05, 3.63) is 67.0 Å². The molecule has 4 aromatic rings. The van der Waals surface area contributed by atoms with Crippen LogP contribution >= 0.6 is 0 Å². The molecule has 0 amide bonds. The highest BCUT2D eigenvalue weighted by Gasteiger charge is 2.12. The standard InChI is InChI=1S/C20H19N5O2S/c1-2-25-13-17(16-8-3-4-9-19(16)25)18-10-11-22-20(24-18)23-14-6-5-7-15(12-14)28(21,26)27/h3-13H,2H2,1H3,(H2,21,26,27)(H,22,23,24). The van der Waals surface area contributed by atoms with E-state index in [4.69, 9.17) is 5.14 Å². The molecule has 0 unspecified atom stereocenters. The highest BCUT2D eigenvalue weighted by molar-refractivity contribution is 7.89. The molecule has 2 aromatic carbocycles. The van der Waals surface area contributed by atoms with Gasteiger partial charge in [-0.1, -0.05) is 24.3 Å². The van der Waals surface area contributed by atoms with Gasteiger partial charge in [0, 0.05) is 41.1 Å². The Morgan fingerprint density at radius 1 is 1.11 bits per heavy atom. The van der Waals surface area contributed by atoms with Crippen molar-refractivity contribution < 1.29 is 8.42 Å².